The molecular weight excluding hydrogens is 290 g/mol. The van der Waals surface area contributed by atoms with E-state index in [1.807, 2.05) is 0 Å². The second kappa shape index (κ2) is 5.65. The second-order valence-corrected chi connectivity index (χ2v) is 7.03. The number of anilines is 1. The molecule has 1 aromatic carbocycles. The van der Waals surface area contributed by atoms with Gasteiger partial charge in [0.15, 0.2) is 0 Å². The molecule has 6 nitrogen and oxygen atoms in total. The lowest BCUT2D eigenvalue weighted by Gasteiger charge is -2.32. The Kier molecular flexibility index (Phi) is 3.86. The van der Waals surface area contributed by atoms with Gasteiger partial charge in [0, 0.05) is 6.54 Å². The third-order valence-corrected chi connectivity index (χ3v) is 5.39. The number of piperidine rings is 1. The molecule has 114 valence electrons. The number of carbonyl (C=O) groups excluding carboxylic acids is 1. The molecule has 0 atom stereocenters. The highest BCUT2D eigenvalue weighted by molar-refractivity contribution is 7.91. The first-order valence-electron chi connectivity index (χ1n) is 7.24. The number of nitrogens with one attached hydrogen (secondary N) is 1. The molecule has 1 saturated heterocycles. The highest BCUT2D eigenvalue weighted by Crippen LogP contribution is 2.25. The predicted molar refractivity (Wildman–Crippen MR) is 80.3 cm³/mol. The van der Waals surface area contributed by atoms with Crippen LogP contribution in [0.5, 0.6) is 0 Å². The molecule has 0 radical (unpaired) electrons. The third kappa shape index (κ3) is 2.89. The van der Waals surface area contributed by atoms with Gasteiger partial charge in [0.1, 0.15) is 0 Å². The molecule has 2 aliphatic heterocycles. The van der Waals surface area contributed by atoms with Crippen LogP contribution in [0.3, 0.4) is 0 Å². The number of hydrogen-bond acceptors (Lipinski definition) is 4. The zero-order valence-corrected chi connectivity index (χ0v) is 12.6. The summed E-state index contributed by atoms with van der Waals surface area (Å²) >= 11 is 0. The number of fused-ring (bicyclic) bond motifs is 1. The largest absolute Gasteiger partial charge is 0.326 e. The Morgan fingerprint density at radius 1 is 1.05 bits per heavy atom. The SMILES string of the molecule is O=C1c2ccccc2NS(=O)(=O)N1CCN1CCCCC1. The summed E-state index contributed by atoms with van der Waals surface area (Å²) in [4.78, 5) is 14.6. The molecule has 0 spiro atoms. The van der Waals surface area contributed by atoms with Gasteiger partial charge in [0.25, 0.3) is 5.91 Å². The molecule has 21 heavy (non-hydrogen) atoms. The number of likely N-dealkylation sites (tertiary alicyclic amines) is 1. The van der Waals surface area contributed by atoms with Crippen molar-refractivity contribution in [2.75, 3.05) is 30.9 Å². The van der Waals surface area contributed by atoms with Gasteiger partial charge in [0.05, 0.1) is 17.8 Å². The molecule has 1 amide bonds. The maximum absolute atomic E-state index is 12.4. The van der Waals surface area contributed by atoms with Crippen LogP contribution in [-0.4, -0.2) is 49.7 Å². The molecule has 7 heteroatoms. The zero-order valence-electron chi connectivity index (χ0n) is 11.8. The van der Waals surface area contributed by atoms with Crippen molar-refractivity contribution in [2.24, 2.45) is 0 Å². The average Bonchev–Trinajstić information content (AvgIpc) is 2.47. The van der Waals surface area contributed by atoms with Crippen LogP contribution in [-0.2, 0) is 10.2 Å². The number of nitrogens with zero attached hydrogens (tertiary/aromatic N) is 2. The van der Waals surface area contributed by atoms with Crippen LogP contribution in [0.1, 0.15) is 29.6 Å². The molecule has 2 heterocycles. The fraction of sp³-hybridized carbons (Fsp3) is 0.500. The van der Waals surface area contributed by atoms with E-state index in [1.54, 1.807) is 24.3 Å². The molecule has 0 saturated carbocycles. The number of hydrogen-bond donors (Lipinski definition) is 1. The molecule has 0 aliphatic carbocycles. The van der Waals surface area contributed by atoms with Crippen molar-refractivity contribution in [3.05, 3.63) is 29.8 Å². The van der Waals surface area contributed by atoms with E-state index in [2.05, 4.69) is 9.62 Å². The van der Waals surface area contributed by atoms with Crippen molar-refractivity contribution in [1.82, 2.24) is 9.21 Å². The van der Waals surface area contributed by atoms with Crippen molar-refractivity contribution in [2.45, 2.75) is 19.3 Å². The number of benzene rings is 1. The minimum atomic E-state index is -3.78. The van der Waals surface area contributed by atoms with Gasteiger partial charge in [-0.25, -0.2) is 4.31 Å². The molecule has 1 fully saturated rings. The van der Waals surface area contributed by atoms with E-state index in [9.17, 15) is 13.2 Å². The van der Waals surface area contributed by atoms with Crippen molar-refractivity contribution >= 4 is 21.8 Å². The Bertz CT molecular complexity index is 639. The minimum absolute atomic E-state index is 0.197. The molecule has 0 aromatic heterocycles. The summed E-state index contributed by atoms with van der Waals surface area (Å²) in [6, 6.07) is 6.69. The van der Waals surface area contributed by atoms with Crippen LogP contribution in [0, 0.1) is 0 Å². The molecule has 0 bridgehead atoms. The fourth-order valence-electron chi connectivity index (χ4n) is 2.83. The van der Waals surface area contributed by atoms with Crippen molar-refractivity contribution in [1.29, 1.82) is 0 Å². The van der Waals surface area contributed by atoms with Gasteiger partial charge in [-0.3, -0.25) is 9.52 Å². The van der Waals surface area contributed by atoms with Gasteiger partial charge in [-0.15, -0.1) is 0 Å². The van der Waals surface area contributed by atoms with Crippen LogP contribution >= 0.6 is 0 Å². The van der Waals surface area contributed by atoms with Crippen LogP contribution < -0.4 is 4.72 Å². The highest BCUT2D eigenvalue weighted by Gasteiger charge is 2.35. The van der Waals surface area contributed by atoms with Gasteiger partial charge in [-0.05, 0) is 38.1 Å². The Labute approximate surface area is 124 Å². The minimum Gasteiger partial charge on any atom is -0.302 e. The van der Waals surface area contributed by atoms with Gasteiger partial charge in [0.2, 0.25) is 0 Å². The summed E-state index contributed by atoms with van der Waals surface area (Å²) < 4.78 is 27.8. The van der Waals surface area contributed by atoms with E-state index in [0.29, 0.717) is 17.8 Å². The normalized spacial score (nSPS) is 21.7. The molecule has 3 rings (SSSR count). The van der Waals surface area contributed by atoms with E-state index in [-0.39, 0.29) is 6.54 Å². The second-order valence-electron chi connectivity index (χ2n) is 5.43. The fourth-order valence-corrected chi connectivity index (χ4v) is 4.04. The van der Waals surface area contributed by atoms with Crippen molar-refractivity contribution < 1.29 is 13.2 Å². The van der Waals surface area contributed by atoms with E-state index in [4.69, 9.17) is 0 Å². The smallest absolute Gasteiger partial charge is 0.302 e. The Morgan fingerprint density at radius 3 is 2.52 bits per heavy atom. The molecule has 0 unspecified atom stereocenters. The Morgan fingerprint density at radius 2 is 1.76 bits per heavy atom. The standard InChI is InChI=1S/C14H19N3O3S/c18-14-12-6-2-3-7-13(12)15-21(19,20)17(14)11-10-16-8-4-1-5-9-16/h2-3,6-7,15H,1,4-5,8-11H2. The summed E-state index contributed by atoms with van der Waals surface area (Å²) in [7, 11) is -3.78. The Hall–Kier alpha value is -1.60. The first-order valence-corrected chi connectivity index (χ1v) is 8.68. The first-order chi connectivity index (χ1) is 10.1. The lowest BCUT2D eigenvalue weighted by Crippen LogP contribution is -2.48. The summed E-state index contributed by atoms with van der Waals surface area (Å²) in [5.74, 6) is -0.443. The van der Waals surface area contributed by atoms with E-state index < -0.39 is 16.1 Å². The van der Waals surface area contributed by atoms with Gasteiger partial charge < -0.3 is 4.90 Å². The van der Waals surface area contributed by atoms with Gasteiger partial charge >= 0.3 is 10.2 Å². The number of para-hydroxylation sites is 1. The summed E-state index contributed by atoms with van der Waals surface area (Å²) in [6.07, 6.45) is 3.51. The topological polar surface area (TPSA) is 69.7 Å². The molecule has 1 aromatic rings. The number of rotatable bonds is 3. The molecular formula is C14H19N3O3S. The lowest BCUT2D eigenvalue weighted by molar-refractivity contribution is 0.0844. The van der Waals surface area contributed by atoms with Crippen LogP contribution in [0.15, 0.2) is 24.3 Å². The van der Waals surface area contributed by atoms with Crippen molar-refractivity contribution in [3.63, 3.8) is 0 Å². The zero-order chi connectivity index (χ0) is 14.9. The average molecular weight is 309 g/mol. The summed E-state index contributed by atoms with van der Waals surface area (Å²) in [5, 5.41) is 0. The number of amides is 1. The maximum atomic E-state index is 12.4. The Balaban J connectivity index is 1.76. The molecule has 1 N–H and O–H groups in total. The monoisotopic (exact) mass is 309 g/mol. The van der Waals surface area contributed by atoms with Gasteiger partial charge in [-0.1, -0.05) is 18.6 Å². The van der Waals surface area contributed by atoms with Gasteiger partial charge in [-0.2, -0.15) is 8.42 Å². The molecule has 2 aliphatic rings. The summed E-state index contributed by atoms with van der Waals surface area (Å²) in [5.41, 5.74) is 0.766. The maximum Gasteiger partial charge on any atom is 0.326 e. The number of carbonyl (C=O) groups is 1. The third-order valence-electron chi connectivity index (χ3n) is 3.98. The van der Waals surface area contributed by atoms with E-state index in [1.165, 1.54) is 6.42 Å². The quantitative estimate of drug-likeness (QED) is 0.913. The predicted octanol–water partition coefficient (Wildman–Crippen LogP) is 1.28. The lowest BCUT2D eigenvalue weighted by atomic mass is 10.1. The summed E-state index contributed by atoms with van der Waals surface area (Å²) in [6.45, 7) is 2.75. The highest BCUT2D eigenvalue weighted by atomic mass is 32.2. The van der Waals surface area contributed by atoms with Crippen LogP contribution in [0.4, 0.5) is 5.69 Å². The van der Waals surface area contributed by atoms with E-state index in [0.717, 1.165) is 30.2 Å². The first kappa shape index (κ1) is 14.3. The van der Waals surface area contributed by atoms with E-state index >= 15 is 0 Å². The van der Waals surface area contributed by atoms with Crippen molar-refractivity contribution in [3.8, 4) is 0 Å². The van der Waals surface area contributed by atoms with Crippen LogP contribution in [0.2, 0.25) is 0 Å². The van der Waals surface area contributed by atoms with Crippen LogP contribution in [0.25, 0.3) is 0 Å².